The summed E-state index contributed by atoms with van der Waals surface area (Å²) in [6.07, 6.45) is 0. The van der Waals surface area contributed by atoms with Crippen LogP contribution in [0.2, 0.25) is 10.0 Å². The zero-order valence-corrected chi connectivity index (χ0v) is 14.6. The number of anilines is 1. The monoisotopic (exact) mass is 360 g/mol. The average Bonchev–Trinajstić information content (AvgIpc) is 2.92. The predicted octanol–water partition coefficient (Wildman–Crippen LogP) is 4.44. The van der Waals surface area contributed by atoms with Crippen molar-refractivity contribution < 1.29 is 4.79 Å². The number of carbonyl (C=O) groups is 1. The molecule has 0 aliphatic heterocycles. The summed E-state index contributed by atoms with van der Waals surface area (Å²) >= 11 is 11.9. The first-order valence-electron chi connectivity index (χ1n) is 7.21. The number of hydrogen-bond donors (Lipinski definition) is 1. The van der Waals surface area contributed by atoms with Gasteiger partial charge in [-0.1, -0.05) is 29.3 Å². The average molecular weight is 361 g/mol. The number of carbonyl (C=O) groups excluding carboxylic acids is 1. The Bertz CT molecular complexity index is 921. The fourth-order valence-electron chi connectivity index (χ4n) is 2.25. The van der Waals surface area contributed by atoms with Gasteiger partial charge in [0.1, 0.15) is 0 Å². The van der Waals surface area contributed by atoms with Crippen molar-refractivity contribution >= 4 is 34.8 Å². The zero-order chi connectivity index (χ0) is 17.3. The molecular weight excluding hydrogens is 347 g/mol. The largest absolute Gasteiger partial charge is 0.320 e. The molecule has 0 bridgehead atoms. The number of hydrogen-bond acceptors (Lipinski definition) is 3. The van der Waals surface area contributed by atoms with E-state index in [1.165, 1.54) is 4.80 Å². The first-order valence-corrected chi connectivity index (χ1v) is 7.97. The molecule has 122 valence electrons. The quantitative estimate of drug-likeness (QED) is 0.750. The van der Waals surface area contributed by atoms with Crippen molar-refractivity contribution in [2.75, 3.05) is 5.32 Å². The molecule has 0 aliphatic carbocycles. The van der Waals surface area contributed by atoms with E-state index < -0.39 is 0 Å². The molecule has 5 nitrogen and oxygen atoms in total. The van der Waals surface area contributed by atoms with Crippen molar-refractivity contribution in [3.05, 3.63) is 69.5 Å². The van der Waals surface area contributed by atoms with E-state index in [0.717, 1.165) is 5.56 Å². The molecule has 1 amide bonds. The van der Waals surface area contributed by atoms with Gasteiger partial charge in [0.25, 0.3) is 5.91 Å². The SMILES string of the molecule is Cc1cc(Cl)ccc1NC(=O)c1nn(-c2cccc(Cl)c2)nc1C. The summed E-state index contributed by atoms with van der Waals surface area (Å²) in [6.45, 7) is 3.61. The molecule has 0 atom stereocenters. The Labute approximate surface area is 149 Å². The molecule has 0 spiro atoms. The van der Waals surface area contributed by atoms with Gasteiger partial charge in [0.2, 0.25) is 0 Å². The molecule has 1 aromatic heterocycles. The molecule has 24 heavy (non-hydrogen) atoms. The van der Waals surface area contributed by atoms with Gasteiger partial charge in [-0.25, -0.2) is 0 Å². The fraction of sp³-hybridized carbons (Fsp3) is 0.118. The van der Waals surface area contributed by atoms with Crippen LogP contribution in [0.25, 0.3) is 5.69 Å². The Kier molecular flexibility index (Phi) is 4.55. The standard InChI is InChI=1S/C17H14Cl2N4O/c1-10-8-13(19)6-7-15(10)20-17(24)16-11(2)21-23(22-16)14-5-3-4-12(18)9-14/h3-9H,1-2H3,(H,20,24). The van der Waals surface area contributed by atoms with Crippen molar-refractivity contribution in [1.29, 1.82) is 0 Å². The fourth-order valence-corrected chi connectivity index (χ4v) is 2.66. The molecule has 3 aromatic rings. The summed E-state index contributed by atoms with van der Waals surface area (Å²) < 4.78 is 0. The van der Waals surface area contributed by atoms with Crippen LogP contribution in [0.5, 0.6) is 0 Å². The molecule has 0 saturated heterocycles. The topological polar surface area (TPSA) is 59.8 Å². The molecule has 0 unspecified atom stereocenters. The van der Waals surface area contributed by atoms with Crippen LogP contribution < -0.4 is 5.32 Å². The molecule has 1 N–H and O–H groups in total. The van der Waals surface area contributed by atoms with Gasteiger partial charge in [0.15, 0.2) is 5.69 Å². The van der Waals surface area contributed by atoms with Crippen molar-refractivity contribution in [1.82, 2.24) is 15.0 Å². The first kappa shape index (κ1) is 16.5. The Hall–Kier alpha value is -2.37. The number of amides is 1. The van der Waals surface area contributed by atoms with Gasteiger partial charge in [0.05, 0.1) is 11.4 Å². The molecule has 2 aromatic carbocycles. The highest BCUT2D eigenvalue weighted by atomic mass is 35.5. The van der Waals surface area contributed by atoms with E-state index >= 15 is 0 Å². The van der Waals surface area contributed by atoms with Crippen LogP contribution in [0.4, 0.5) is 5.69 Å². The Morgan fingerprint density at radius 1 is 1.04 bits per heavy atom. The van der Waals surface area contributed by atoms with Crippen molar-refractivity contribution in [2.24, 2.45) is 0 Å². The third-order valence-corrected chi connectivity index (χ3v) is 3.94. The van der Waals surface area contributed by atoms with Gasteiger partial charge in [0, 0.05) is 15.7 Å². The van der Waals surface area contributed by atoms with Crippen LogP contribution in [0.1, 0.15) is 21.7 Å². The van der Waals surface area contributed by atoms with Crippen molar-refractivity contribution in [2.45, 2.75) is 13.8 Å². The van der Waals surface area contributed by atoms with Gasteiger partial charge < -0.3 is 5.32 Å². The molecule has 0 aliphatic rings. The van der Waals surface area contributed by atoms with E-state index in [9.17, 15) is 4.79 Å². The highest BCUT2D eigenvalue weighted by molar-refractivity contribution is 6.31. The lowest BCUT2D eigenvalue weighted by atomic mass is 10.2. The lowest BCUT2D eigenvalue weighted by molar-refractivity contribution is 0.102. The third kappa shape index (κ3) is 3.42. The summed E-state index contributed by atoms with van der Waals surface area (Å²) in [5, 5.41) is 12.6. The van der Waals surface area contributed by atoms with E-state index in [1.807, 2.05) is 13.0 Å². The maximum absolute atomic E-state index is 12.5. The van der Waals surface area contributed by atoms with Gasteiger partial charge in [-0.2, -0.15) is 9.90 Å². The second-order valence-electron chi connectivity index (χ2n) is 5.32. The van der Waals surface area contributed by atoms with Gasteiger partial charge in [-0.3, -0.25) is 4.79 Å². The van der Waals surface area contributed by atoms with E-state index in [1.54, 1.807) is 43.3 Å². The van der Waals surface area contributed by atoms with Gasteiger partial charge in [-0.05, 0) is 55.8 Å². The Balaban J connectivity index is 1.88. The third-order valence-electron chi connectivity index (χ3n) is 3.47. The minimum absolute atomic E-state index is 0.254. The minimum atomic E-state index is -0.328. The number of nitrogens with one attached hydrogen (secondary N) is 1. The van der Waals surface area contributed by atoms with Crippen molar-refractivity contribution in [3.8, 4) is 5.69 Å². The summed E-state index contributed by atoms with van der Waals surface area (Å²) in [7, 11) is 0. The van der Waals surface area contributed by atoms with E-state index in [4.69, 9.17) is 23.2 Å². The summed E-state index contributed by atoms with van der Waals surface area (Å²) in [5.74, 6) is -0.328. The molecule has 7 heteroatoms. The number of aryl methyl sites for hydroxylation is 2. The number of aromatic nitrogens is 3. The number of benzene rings is 2. The smallest absolute Gasteiger partial charge is 0.278 e. The molecule has 0 fully saturated rings. The van der Waals surface area contributed by atoms with E-state index in [2.05, 4.69) is 15.5 Å². The summed E-state index contributed by atoms with van der Waals surface area (Å²) in [4.78, 5) is 13.9. The van der Waals surface area contributed by atoms with Crippen LogP contribution >= 0.6 is 23.2 Å². The zero-order valence-electron chi connectivity index (χ0n) is 13.0. The highest BCUT2D eigenvalue weighted by Crippen LogP contribution is 2.21. The van der Waals surface area contributed by atoms with Crippen LogP contribution in [0.3, 0.4) is 0 Å². The lowest BCUT2D eigenvalue weighted by Gasteiger charge is -2.07. The highest BCUT2D eigenvalue weighted by Gasteiger charge is 2.17. The Morgan fingerprint density at radius 2 is 1.79 bits per heavy atom. The Morgan fingerprint density at radius 3 is 2.50 bits per heavy atom. The number of halogens is 2. The van der Waals surface area contributed by atoms with Crippen LogP contribution in [0.15, 0.2) is 42.5 Å². The summed E-state index contributed by atoms with van der Waals surface area (Å²) in [5.41, 5.74) is 3.02. The van der Waals surface area contributed by atoms with Crippen LogP contribution in [-0.4, -0.2) is 20.9 Å². The van der Waals surface area contributed by atoms with Gasteiger partial charge >= 0.3 is 0 Å². The second-order valence-corrected chi connectivity index (χ2v) is 6.19. The molecule has 0 radical (unpaired) electrons. The summed E-state index contributed by atoms with van der Waals surface area (Å²) in [6, 6.07) is 12.4. The minimum Gasteiger partial charge on any atom is -0.320 e. The van der Waals surface area contributed by atoms with E-state index in [-0.39, 0.29) is 11.6 Å². The number of rotatable bonds is 3. The lowest BCUT2D eigenvalue weighted by Crippen LogP contribution is -2.15. The maximum atomic E-state index is 12.5. The molecule has 0 saturated carbocycles. The van der Waals surface area contributed by atoms with Gasteiger partial charge in [-0.15, -0.1) is 5.10 Å². The van der Waals surface area contributed by atoms with Crippen LogP contribution in [-0.2, 0) is 0 Å². The first-order chi connectivity index (χ1) is 11.4. The number of nitrogens with zero attached hydrogens (tertiary/aromatic N) is 3. The van der Waals surface area contributed by atoms with Crippen molar-refractivity contribution in [3.63, 3.8) is 0 Å². The van der Waals surface area contributed by atoms with E-state index in [0.29, 0.717) is 27.1 Å². The molecular formula is C17H14Cl2N4O. The molecule has 3 rings (SSSR count). The predicted molar refractivity (Wildman–Crippen MR) is 95.2 cm³/mol. The maximum Gasteiger partial charge on any atom is 0.278 e. The second kappa shape index (κ2) is 6.63. The normalized spacial score (nSPS) is 10.7. The van der Waals surface area contributed by atoms with Crippen LogP contribution in [0, 0.1) is 13.8 Å². The molecule has 1 heterocycles.